The van der Waals surface area contributed by atoms with Gasteiger partial charge in [-0.25, -0.2) is 18.2 Å². The van der Waals surface area contributed by atoms with Crippen LogP contribution in [0.4, 0.5) is 10.6 Å². The van der Waals surface area contributed by atoms with Crippen molar-refractivity contribution in [3.05, 3.63) is 59.8 Å². The second-order valence-electron chi connectivity index (χ2n) is 8.69. The second-order valence-corrected chi connectivity index (χ2v) is 10.4. The highest BCUT2D eigenvalue weighted by Gasteiger charge is 2.56. The first-order chi connectivity index (χ1) is 16.2. The molecule has 0 bridgehead atoms. The summed E-state index contributed by atoms with van der Waals surface area (Å²) in [7, 11) is -3.89. The van der Waals surface area contributed by atoms with Crippen molar-refractivity contribution < 1.29 is 22.8 Å². The second kappa shape index (κ2) is 9.41. The van der Waals surface area contributed by atoms with E-state index in [4.69, 9.17) is 5.73 Å². The Labute approximate surface area is 198 Å². The SMILES string of the molecule is CS(=O)(=O)NC(=O)[C@@H]1[C@@H](Cc2ccnc(N)c2)C(=O)N1C(=O)N1CCCCC1c1ccccc1. The number of urea groups is 1. The molecule has 2 aliphatic heterocycles. The Morgan fingerprint density at radius 2 is 1.91 bits per heavy atom. The molecule has 4 rings (SSSR count). The molecule has 1 unspecified atom stereocenters. The molecule has 0 radical (unpaired) electrons. The molecule has 10 nitrogen and oxygen atoms in total. The number of carbonyl (C=O) groups excluding carboxylic acids is 3. The van der Waals surface area contributed by atoms with Gasteiger partial charge in [0.05, 0.1) is 18.2 Å². The minimum Gasteiger partial charge on any atom is -0.384 e. The normalized spacial score (nSPS) is 22.7. The fourth-order valence-electron chi connectivity index (χ4n) is 4.70. The Morgan fingerprint density at radius 1 is 1.18 bits per heavy atom. The van der Waals surface area contributed by atoms with Crippen molar-refractivity contribution in [1.29, 1.82) is 0 Å². The molecule has 1 aromatic heterocycles. The van der Waals surface area contributed by atoms with Crippen LogP contribution in [-0.4, -0.2) is 59.9 Å². The van der Waals surface area contributed by atoms with Crippen LogP contribution < -0.4 is 10.5 Å². The number of anilines is 1. The number of β-lactam (4-membered cyclic amide) rings is 1. The van der Waals surface area contributed by atoms with E-state index in [2.05, 4.69) is 4.98 Å². The molecule has 0 aliphatic carbocycles. The van der Waals surface area contributed by atoms with Crippen molar-refractivity contribution in [2.75, 3.05) is 18.5 Å². The molecule has 3 heterocycles. The number of sulfonamides is 1. The molecule has 3 N–H and O–H groups in total. The first kappa shape index (κ1) is 23.7. The van der Waals surface area contributed by atoms with E-state index in [1.807, 2.05) is 35.1 Å². The zero-order valence-electron chi connectivity index (χ0n) is 18.8. The van der Waals surface area contributed by atoms with E-state index in [9.17, 15) is 22.8 Å². The van der Waals surface area contributed by atoms with Gasteiger partial charge < -0.3 is 10.6 Å². The quantitative estimate of drug-likeness (QED) is 0.610. The number of amides is 4. The Morgan fingerprint density at radius 3 is 2.59 bits per heavy atom. The number of carbonyl (C=O) groups is 3. The first-order valence-electron chi connectivity index (χ1n) is 11.1. The molecule has 11 heteroatoms. The van der Waals surface area contributed by atoms with Crippen molar-refractivity contribution in [2.45, 2.75) is 37.8 Å². The monoisotopic (exact) mass is 485 g/mol. The lowest BCUT2D eigenvalue weighted by atomic mass is 9.82. The van der Waals surface area contributed by atoms with Crippen molar-refractivity contribution >= 4 is 33.7 Å². The Hall–Kier alpha value is -3.47. The predicted octanol–water partition coefficient (Wildman–Crippen LogP) is 1.46. The number of aromatic nitrogens is 1. The van der Waals surface area contributed by atoms with E-state index in [-0.39, 0.29) is 18.3 Å². The lowest BCUT2D eigenvalue weighted by Crippen LogP contribution is -2.71. The number of nitrogen functional groups attached to an aromatic ring is 1. The van der Waals surface area contributed by atoms with Gasteiger partial charge >= 0.3 is 6.03 Å². The van der Waals surface area contributed by atoms with Crippen LogP contribution in [-0.2, 0) is 26.0 Å². The maximum absolute atomic E-state index is 13.6. The van der Waals surface area contributed by atoms with E-state index in [0.717, 1.165) is 36.0 Å². The minimum absolute atomic E-state index is 0.124. The highest BCUT2D eigenvalue weighted by Crippen LogP contribution is 2.37. The molecule has 3 atom stereocenters. The van der Waals surface area contributed by atoms with E-state index in [1.165, 1.54) is 6.20 Å². The first-order valence-corrected chi connectivity index (χ1v) is 13.0. The van der Waals surface area contributed by atoms with Gasteiger partial charge in [0.15, 0.2) is 0 Å². The van der Waals surface area contributed by atoms with E-state index >= 15 is 0 Å². The summed E-state index contributed by atoms with van der Waals surface area (Å²) in [5.74, 6) is -2.07. The molecule has 1 aromatic carbocycles. The summed E-state index contributed by atoms with van der Waals surface area (Å²) < 4.78 is 25.4. The maximum atomic E-state index is 13.6. The van der Waals surface area contributed by atoms with Crippen LogP contribution in [0.15, 0.2) is 48.7 Å². The van der Waals surface area contributed by atoms with Gasteiger partial charge in [-0.15, -0.1) is 0 Å². The molecule has 34 heavy (non-hydrogen) atoms. The van der Waals surface area contributed by atoms with Crippen LogP contribution in [0, 0.1) is 5.92 Å². The zero-order valence-corrected chi connectivity index (χ0v) is 19.6. The van der Waals surface area contributed by atoms with E-state index < -0.39 is 39.8 Å². The van der Waals surface area contributed by atoms with Gasteiger partial charge in [0.1, 0.15) is 11.9 Å². The lowest BCUT2D eigenvalue weighted by Gasteiger charge is -2.48. The Bertz CT molecular complexity index is 1200. The van der Waals surface area contributed by atoms with Gasteiger partial charge in [-0.3, -0.25) is 19.2 Å². The molecule has 2 aromatic rings. The van der Waals surface area contributed by atoms with Crippen molar-refractivity contribution in [3.8, 4) is 0 Å². The number of nitrogens with zero attached hydrogens (tertiary/aromatic N) is 3. The van der Waals surface area contributed by atoms with Crippen LogP contribution in [0.3, 0.4) is 0 Å². The van der Waals surface area contributed by atoms with Gasteiger partial charge in [0, 0.05) is 12.7 Å². The lowest BCUT2D eigenvalue weighted by molar-refractivity contribution is -0.158. The van der Waals surface area contributed by atoms with Gasteiger partial charge in [-0.1, -0.05) is 30.3 Å². The Balaban J connectivity index is 1.62. The number of pyridine rings is 1. The molecule has 2 aliphatic rings. The predicted molar refractivity (Wildman–Crippen MR) is 125 cm³/mol. The molecular formula is C23H27N5O5S. The van der Waals surface area contributed by atoms with Gasteiger partial charge in [0.25, 0.3) is 5.91 Å². The standard InChI is InChI=1S/C23H27N5O5S/c1-34(32,33)26-21(29)20-17(13-15-10-11-25-19(24)14-15)22(30)28(20)23(31)27-12-6-5-9-18(27)16-7-3-2-4-8-16/h2-4,7-8,10-11,14,17-18,20H,5-6,9,12-13H2,1H3,(H2,24,25)(H,26,29)/t17-,18?,20+/m1/s1. The third-order valence-corrected chi connectivity index (χ3v) is 6.78. The highest BCUT2D eigenvalue weighted by atomic mass is 32.2. The summed E-state index contributed by atoms with van der Waals surface area (Å²) in [5, 5.41) is 0. The largest absolute Gasteiger partial charge is 0.384 e. The van der Waals surface area contributed by atoms with Crippen LogP contribution >= 0.6 is 0 Å². The molecule has 2 fully saturated rings. The number of hydrogen-bond donors (Lipinski definition) is 2. The molecule has 0 spiro atoms. The van der Waals surface area contributed by atoms with Crippen molar-refractivity contribution in [2.24, 2.45) is 5.92 Å². The van der Waals surface area contributed by atoms with Crippen LogP contribution in [0.1, 0.15) is 36.4 Å². The van der Waals surface area contributed by atoms with Gasteiger partial charge in [-0.05, 0) is 48.9 Å². The number of hydrogen-bond acceptors (Lipinski definition) is 7. The third kappa shape index (κ3) is 4.89. The Kier molecular flexibility index (Phi) is 6.56. The minimum atomic E-state index is -3.89. The summed E-state index contributed by atoms with van der Waals surface area (Å²) in [6.07, 6.45) is 4.90. The number of rotatable bonds is 5. The molecular weight excluding hydrogens is 458 g/mol. The average Bonchev–Trinajstić information content (AvgIpc) is 2.80. The molecule has 2 saturated heterocycles. The van der Waals surface area contributed by atoms with Crippen LogP contribution in [0.2, 0.25) is 0 Å². The topological polar surface area (TPSA) is 143 Å². The summed E-state index contributed by atoms with van der Waals surface area (Å²) in [5.41, 5.74) is 7.33. The highest BCUT2D eigenvalue weighted by molar-refractivity contribution is 7.89. The number of likely N-dealkylation sites (tertiary alicyclic amines) is 2. The summed E-state index contributed by atoms with van der Waals surface area (Å²) in [4.78, 5) is 46.1. The van der Waals surface area contributed by atoms with E-state index in [0.29, 0.717) is 12.1 Å². The third-order valence-electron chi connectivity index (χ3n) is 6.21. The fourth-order valence-corrected chi connectivity index (χ4v) is 5.19. The molecule has 0 saturated carbocycles. The number of benzene rings is 1. The maximum Gasteiger partial charge on any atom is 0.328 e. The van der Waals surface area contributed by atoms with Gasteiger partial charge in [0.2, 0.25) is 15.9 Å². The summed E-state index contributed by atoms with van der Waals surface area (Å²) >= 11 is 0. The zero-order chi connectivity index (χ0) is 24.5. The summed E-state index contributed by atoms with van der Waals surface area (Å²) in [6, 6.07) is 10.7. The van der Waals surface area contributed by atoms with Crippen LogP contribution in [0.25, 0.3) is 0 Å². The smallest absolute Gasteiger partial charge is 0.328 e. The van der Waals surface area contributed by atoms with Crippen molar-refractivity contribution in [1.82, 2.24) is 19.5 Å². The number of piperidine rings is 1. The molecule has 4 amide bonds. The van der Waals surface area contributed by atoms with Crippen molar-refractivity contribution in [3.63, 3.8) is 0 Å². The average molecular weight is 486 g/mol. The van der Waals surface area contributed by atoms with E-state index in [1.54, 1.807) is 17.0 Å². The number of nitrogens with two attached hydrogens (primary N) is 1. The van der Waals surface area contributed by atoms with Gasteiger partial charge in [-0.2, -0.15) is 0 Å². The fraction of sp³-hybridized carbons (Fsp3) is 0.391. The molecule has 180 valence electrons. The summed E-state index contributed by atoms with van der Waals surface area (Å²) in [6.45, 7) is 0.439. The number of imide groups is 1. The van der Waals surface area contributed by atoms with Crippen LogP contribution in [0.5, 0.6) is 0 Å². The number of nitrogens with one attached hydrogen (secondary N) is 1.